The van der Waals surface area contributed by atoms with Crippen LogP contribution in [-0.4, -0.2) is 6.88 Å². The van der Waals surface area contributed by atoms with Gasteiger partial charge in [0, 0.05) is 0 Å². The molecule has 0 aliphatic carbocycles. The second-order valence-electron chi connectivity index (χ2n) is 11.2. The topological polar surface area (TPSA) is 0 Å². The number of fused-ring (bicyclic) bond motifs is 2. The quantitative estimate of drug-likeness (QED) is 0.129. The average molecular weight is 644 g/mol. The first-order chi connectivity index (χ1) is 19.4. The van der Waals surface area contributed by atoms with Crippen molar-refractivity contribution in [1.82, 2.24) is 0 Å². The molecule has 0 unspecified atom stereocenters. The second kappa shape index (κ2) is 16.7. The summed E-state index contributed by atoms with van der Waals surface area (Å²) in [5, 5.41) is 5.52. The first-order valence-corrected chi connectivity index (χ1v) is 18.3. The summed E-state index contributed by atoms with van der Waals surface area (Å²) in [7, 11) is 0. The van der Waals surface area contributed by atoms with Crippen LogP contribution in [0.1, 0.15) is 50.3 Å². The fourth-order valence-corrected chi connectivity index (χ4v) is 5.42. The van der Waals surface area contributed by atoms with Gasteiger partial charge in [0.15, 0.2) is 0 Å². The zero-order valence-electron chi connectivity index (χ0n) is 26.3. The predicted molar refractivity (Wildman–Crippen MR) is 186 cm³/mol. The van der Waals surface area contributed by atoms with E-state index in [9.17, 15) is 0 Å². The van der Waals surface area contributed by atoms with Gasteiger partial charge in [0.25, 0.3) is 0 Å². The van der Waals surface area contributed by atoms with Gasteiger partial charge in [-0.1, -0.05) is 119 Å². The van der Waals surface area contributed by atoms with E-state index in [0.29, 0.717) is 11.8 Å². The molecule has 0 bridgehead atoms. The zero-order chi connectivity index (χ0) is 28.6. The van der Waals surface area contributed by atoms with Crippen molar-refractivity contribution in [3.05, 3.63) is 147 Å². The molecule has 0 atom stereocenters. The van der Waals surface area contributed by atoms with Crippen LogP contribution in [0.25, 0.3) is 43.8 Å². The van der Waals surface area contributed by atoms with Gasteiger partial charge in [0.05, 0.1) is 0 Å². The normalized spacial score (nSPS) is 10.3. The first-order valence-electron chi connectivity index (χ1n) is 14.1. The van der Waals surface area contributed by atoms with Crippen LogP contribution in [0.5, 0.6) is 0 Å². The Kier molecular flexibility index (Phi) is 14.1. The van der Waals surface area contributed by atoms with E-state index in [1.54, 1.807) is 0 Å². The van der Waals surface area contributed by atoms with Crippen molar-refractivity contribution < 1.29 is 23.3 Å². The van der Waals surface area contributed by atoms with Gasteiger partial charge in [-0.2, -0.15) is 12.1 Å². The van der Waals surface area contributed by atoms with Gasteiger partial charge >= 0.3 is 30.2 Å². The molecule has 0 heterocycles. The molecular weight excluding hydrogens is 600 g/mol. The number of benzene rings is 4. The molecule has 0 saturated carbocycles. The maximum absolute atomic E-state index is 3.06. The molecular formula is C40H44SiZr-4. The summed E-state index contributed by atoms with van der Waals surface area (Å²) in [6.07, 6.45) is 1.16. The van der Waals surface area contributed by atoms with Crippen LogP contribution in [0.3, 0.4) is 0 Å². The Balaban J connectivity index is 0.000000266. The molecule has 0 N–H and O–H groups in total. The zero-order valence-corrected chi connectivity index (χ0v) is 29.8. The van der Waals surface area contributed by atoms with Crippen LogP contribution < -0.4 is 0 Å². The van der Waals surface area contributed by atoms with Crippen molar-refractivity contribution in [2.75, 3.05) is 0 Å². The third-order valence-corrected chi connectivity index (χ3v) is 7.42. The maximum atomic E-state index is 3.06. The SMILES string of the molecule is CC(C)c1cc2c(-c3ccccc3)cccc2[cH-]1.Cc1ccc(-c2ccccc2)c2cc(CC(C)C)[cH-]c12.[CH3-].[CH3-].[Si]=[Zr]. The fourth-order valence-electron chi connectivity index (χ4n) is 5.42. The minimum atomic E-state index is 0. The molecule has 42 heavy (non-hydrogen) atoms. The van der Waals surface area contributed by atoms with E-state index in [1.165, 1.54) is 83.8 Å². The molecule has 0 fully saturated rings. The van der Waals surface area contributed by atoms with Crippen LogP contribution in [-0.2, 0) is 29.8 Å². The summed E-state index contributed by atoms with van der Waals surface area (Å²) in [6, 6.07) is 41.7. The van der Waals surface area contributed by atoms with Crippen molar-refractivity contribution in [2.24, 2.45) is 5.92 Å². The van der Waals surface area contributed by atoms with Crippen molar-refractivity contribution in [1.29, 1.82) is 0 Å². The Labute approximate surface area is 272 Å². The van der Waals surface area contributed by atoms with Crippen LogP contribution >= 0.6 is 0 Å². The van der Waals surface area contributed by atoms with Gasteiger partial charge < -0.3 is 14.9 Å². The number of hydrogen-bond acceptors (Lipinski definition) is 0. The monoisotopic (exact) mass is 642 g/mol. The molecule has 0 aliphatic rings. The molecule has 0 saturated heterocycles. The van der Waals surface area contributed by atoms with Crippen molar-refractivity contribution >= 4 is 28.4 Å². The third-order valence-electron chi connectivity index (χ3n) is 7.42. The Hall–Kier alpha value is -2.80. The molecule has 6 aromatic rings. The summed E-state index contributed by atoms with van der Waals surface area (Å²) in [5.74, 6) is 1.29. The molecule has 2 heteroatoms. The van der Waals surface area contributed by atoms with Gasteiger partial charge in [-0.15, -0.1) is 68.6 Å². The van der Waals surface area contributed by atoms with Gasteiger partial charge in [-0.3, -0.25) is 0 Å². The molecule has 0 amide bonds. The molecule has 216 valence electrons. The van der Waals surface area contributed by atoms with E-state index in [0.717, 1.165) is 6.42 Å². The summed E-state index contributed by atoms with van der Waals surface area (Å²) in [5.41, 5.74) is 9.54. The molecule has 2 radical (unpaired) electrons. The van der Waals surface area contributed by atoms with E-state index >= 15 is 0 Å². The Morgan fingerprint density at radius 3 is 1.76 bits per heavy atom. The standard InChI is InChI=1S/C20H21.C18H17.2CH3.Si.Zr/c1-14(2)11-16-12-19-15(3)9-10-18(20(19)13-16)17-7-5-4-6-8-17;1-13(2)16-11-15-9-6-10-17(18(15)12-16)14-7-4-3-5-8-14;;;;/h4-10,12-14H,11H2,1-3H3;3-13H,1-2H3;2*1H3;;/q4*-1;;. The van der Waals surface area contributed by atoms with Gasteiger partial charge in [0.1, 0.15) is 0 Å². The Bertz CT molecular complexity index is 1650. The molecule has 0 aromatic heterocycles. The molecule has 0 aliphatic heterocycles. The number of rotatable bonds is 5. The van der Waals surface area contributed by atoms with E-state index < -0.39 is 0 Å². The van der Waals surface area contributed by atoms with Crippen LogP contribution in [0.2, 0.25) is 0 Å². The average Bonchev–Trinajstić information content (AvgIpc) is 3.61. The fraction of sp³-hybridized carbons (Fsp3) is 0.200. The van der Waals surface area contributed by atoms with Gasteiger partial charge in [-0.05, 0) is 29.4 Å². The summed E-state index contributed by atoms with van der Waals surface area (Å²) in [4.78, 5) is 0. The number of hydrogen-bond donors (Lipinski definition) is 0. The summed E-state index contributed by atoms with van der Waals surface area (Å²) >= 11 is 1.36. The minimum absolute atomic E-state index is 0. The molecule has 0 spiro atoms. The van der Waals surface area contributed by atoms with Crippen molar-refractivity contribution in [3.63, 3.8) is 0 Å². The molecule has 6 rings (SSSR count). The predicted octanol–water partition coefficient (Wildman–Crippen LogP) is 11.6. The number of aryl methyl sites for hydroxylation is 1. The van der Waals surface area contributed by atoms with E-state index in [4.69, 9.17) is 0 Å². The van der Waals surface area contributed by atoms with Crippen LogP contribution in [0, 0.1) is 27.7 Å². The van der Waals surface area contributed by atoms with Crippen LogP contribution in [0.4, 0.5) is 0 Å². The summed E-state index contributed by atoms with van der Waals surface area (Å²) in [6.45, 7) is 14.3. The van der Waals surface area contributed by atoms with E-state index in [1.807, 2.05) is 0 Å². The van der Waals surface area contributed by atoms with E-state index in [2.05, 4.69) is 157 Å². The first kappa shape index (κ1) is 35.4. The Morgan fingerprint density at radius 1 is 0.643 bits per heavy atom. The van der Waals surface area contributed by atoms with Gasteiger partial charge in [0.2, 0.25) is 0 Å². The van der Waals surface area contributed by atoms with Crippen molar-refractivity contribution in [3.8, 4) is 22.3 Å². The van der Waals surface area contributed by atoms with Crippen LogP contribution in [0.15, 0.2) is 115 Å². The molecule has 6 aromatic carbocycles. The third kappa shape index (κ3) is 8.40. The van der Waals surface area contributed by atoms with Gasteiger partial charge in [-0.25, -0.2) is 0 Å². The Morgan fingerprint density at radius 2 is 1.21 bits per heavy atom. The van der Waals surface area contributed by atoms with E-state index in [-0.39, 0.29) is 14.9 Å². The molecule has 0 nitrogen and oxygen atoms in total. The second-order valence-corrected chi connectivity index (χ2v) is 11.2. The van der Waals surface area contributed by atoms with Crippen molar-refractivity contribution in [2.45, 2.75) is 47.0 Å². The summed E-state index contributed by atoms with van der Waals surface area (Å²) < 4.78 is 0.